The topological polar surface area (TPSA) is 46.2 Å². The largest absolute Gasteiger partial charge is 0.310 e. The molecule has 0 aliphatic heterocycles. The van der Waals surface area contributed by atoms with Crippen LogP contribution in [0, 0.1) is 11.3 Å². The summed E-state index contributed by atoms with van der Waals surface area (Å²) < 4.78 is 22.4. The van der Waals surface area contributed by atoms with Crippen LogP contribution in [0.25, 0.3) is 0 Å². The van der Waals surface area contributed by atoms with Gasteiger partial charge in [-0.25, -0.2) is 8.42 Å². The van der Waals surface area contributed by atoms with Crippen molar-refractivity contribution < 1.29 is 8.42 Å². The number of hydrogen-bond acceptors (Lipinski definition) is 3. The van der Waals surface area contributed by atoms with Crippen LogP contribution in [0.2, 0.25) is 0 Å². The molecule has 4 heteroatoms. The van der Waals surface area contributed by atoms with Crippen molar-refractivity contribution in [3.63, 3.8) is 0 Å². The second-order valence-electron chi connectivity index (χ2n) is 6.32. The summed E-state index contributed by atoms with van der Waals surface area (Å²) in [4.78, 5) is 0. The molecule has 1 rings (SSSR count). The van der Waals surface area contributed by atoms with Crippen LogP contribution in [0.4, 0.5) is 0 Å². The molecular weight excluding hydrogens is 222 g/mol. The minimum atomic E-state index is -2.87. The number of sulfone groups is 1. The summed E-state index contributed by atoms with van der Waals surface area (Å²) in [7, 11) is -2.87. The van der Waals surface area contributed by atoms with E-state index in [2.05, 4.69) is 26.1 Å². The van der Waals surface area contributed by atoms with Crippen LogP contribution in [-0.2, 0) is 9.84 Å². The standard InChI is InChI=1S/C12H25NO2S/c1-9-6-12(3,4)7-11(9)13-10(2)8-16(5,14)15/h9-11,13H,6-8H2,1-5H3. The lowest BCUT2D eigenvalue weighted by molar-refractivity contribution is 0.358. The molecular formula is C12H25NO2S. The Morgan fingerprint density at radius 3 is 2.31 bits per heavy atom. The van der Waals surface area contributed by atoms with Crippen LogP contribution in [-0.4, -0.2) is 32.5 Å². The molecule has 1 aliphatic rings. The van der Waals surface area contributed by atoms with Gasteiger partial charge < -0.3 is 5.32 Å². The molecule has 0 radical (unpaired) electrons. The van der Waals surface area contributed by atoms with E-state index in [9.17, 15) is 8.42 Å². The van der Waals surface area contributed by atoms with Crippen LogP contribution in [0.1, 0.15) is 40.5 Å². The molecule has 0 heterocycles. The van der Waals surface area contributed by atoms with Gasteiger partial charge in [0.2, 0.25) is 0 Å². The van der Waals surface area contributed by atoms with Gasteiger partial charge in [0.1, 0.15) is 9.84 Å². The van der Waals surface area contributed by atoms with Crippen molar-refractivity contribution in [1.82, 2.24) is 5.32 Å². The average molecular weight is 247 g/mol. The Labute approximate surface area is 99.9 Å². The first-order valence-electron chi connectivity index (χ1n) is 6.03. The maximum Gasteiger partial charge on any atom is 0.148 e. The molecule has 1 saturated carbocycles. The van der Waals surface area contributed by atoms with E-state index in [0.717, 1.165) is 6.42 Å². The second-order valence-corrected chi connectivity index (χ2v) is 8.50. The molecule has 0 spiro atoms. The Balaban J connectivity index is 2.49. The maximum absolute atomic E-state index is 11.2. The van der Waals surface area contributed by atoms with Gasteiger partial charge in [-0.3, -0.25) is 0 Å². The van der Waals surface area contributed by atoms with E-state index >= 15 is 0 Å². The zero-order chi connectivity index (χ0) is 12.6. The van der Waals surface area contributed by atoms with E-state index < -0.39 is 9.84 Å². The molecule has 96 valence electrons. The highest BCUT2D eigenvalue weighted by Gasteiger charge is 2.37. The van der Waals surface area contributed by atoms with E-state index in [-0.39, 0.29) is 11.8 Å². The predicted molar refractivity (Wildman–Crippen MR) is 68.3 cm³/mol. The van der Waals surface area contributed by atoms with Crippen molar-refractivity contribution in [3.05, 3.63) is 0 Å². The first kappa shape index (κ1) is 14.0. The van der Waals surface area contributed by atoms with Gasteiger partial charge in [-0.2, -0.15) is 0 Å². The monoisotopic (exact) mass is 247 g/mol. The van der Waals surface area contributed by atoms with Gasteiger partial charge in [0, 0.05) is 18.3 Å². The summed E-state index contributed by atoms with van der Waals surface area (Å²) in [6.45, 7) is 8.78. The highest BCUT2D eigenvalue weighted by atomic mass is 32.2. The van der Waals surface area contributed by atoms with Crippen LogP contribution >= 0.6 is 0 Å². The molecule has 3 nitrogen and oxygen atoms in total. The van der Waals surface area contributed by atoms with Gasteiger partial charge in [-0.05, 0) is 31.1 Å². The molecule has 0 saturated heterocycles. The van der Waals surface area contributed by atoms with E-state index in [1.807, 2.05) is 6.92 Å². The van der Waals surface area contributed by atoms with Gasteiger partial charge >= 0.3 is 0 Å². The first-order valence-corrected chi connectivity index (χ1v) is 8.09. The Morgan fingerprint density at radius 1 is 1.38 bits per heavy atom. The minimum Gasteiger partial charge on any atom is -0.310 e. The lowest BCUT2D eigenvalue weighted by atomic mass is 9.91. The predicted octanol–water partition coefficient (Wildman–Crippen LogP) is 1.83. The van der Waals surface area contributed by atoms with Crippen molar-refractivity contribution in [2.24, 2.45) is 11.3 Å². The zero-order valence-electron chi connectivity index (χ0n) is 11.1. The molecule has 0 bridgehead atoms. The van der Waals surface area contributed by atoms with Crippen molar-refractivity contribution in [2.45, 2.75) is 52.6 Å². The van der Waals surface area contributed by atoms with Crippen molar-refractivity contribution >= 4 is 9.84 Å². The van der Waals surface area contributed by atoms with E-state index in [4.69, 9.17) is 0 Å². The summed E-state index contributed by atoms with van der Waals surface area (Å²) in [5.74, 6) is 0.869. The summed E-state index contributed by atoms with van der Waals surface area (Å²) in [6, 6.07) is 0.517. The molecule has 16 heavy (non-hydrogen) atoms. The Kier molecular flexibility index (Phi) is 4.06. The average Bonchev–Trinajstić information content (AvgIpc) is 2.19. The van der Waals surface area contributed by atoms with Gasteiger partial charge in [-0.1, -0.05) is 20.8 Å². The van der Waals surface area contributed by atoms with Crippen LogP contribution in [0.3, 0.4) is 0 Å². The fraction of sp³-hybridized carbons (Fsp3) is 1.00. The number of hydrogen-bond donors (Lipinski definition) is 1. The molecule has 1 N–H and O–H groups in total. The fourth-order valence-corrected chi connectivity index (χ4v) is 3.99. The summed E-state index contributed by atoms with van der Waals surface area (Å²) in [5.41, 5.74) is 0.391. The second kappa shape index (κ2) is 4.65. The number of rotatable bonds is 4. The molecule has 1 fully saturated rings. The molecule has 0 aromatic carbocycles. The van der Waals surface area contributed by atoms with E-state index in [1.165, 1.54) is 12.7 Å². The van der Waals surface area contributed by atoms with Crippen molar-refractivity contribution in [1.29, 1.82) is 0 Å². The highest BCUT2D eigenvalue weighted by molar-refractivity contribution is 7.90. The van der Waals surface area contributed by atoms with Crippen molar-refractivity contribution in [3.8, 4) is 0 Å². The third-order valence-corrected chi connectivity index (χ3v) is 4.49. The Bertz CT molecular complexity index is 335. The zero-order valence-corrected chi connectivity index (χ0v) is 11.9. The van der Waals surface area contributed by atoms with Crippen LogP contribution in [0.5, 0.6) is 0 Å². The van der Waals surface area contributed by atoms with Gasteiger partial charge in [0.15, 0.2) is 0 Å². The van der Waals surface area contributed by atoms with Gasteiger partial charge in [0.05, 0.1) is 5.75 Å². The molecule has 0 aromatic heterocycles. The molecule has 0 aromatic rings. The van der Waals surface area contributed by atoms with Gasteiger partial charge in [0.25, 0.3) is 0 Å². The first-order chi connectivity index (χ1) is 7.09. The maximum atomic E-state index is 11.2. The SMILES string of the molecule is CC(CS(C)(=O)=O)NC1CC(C)(C)CC1C. The Hall–Kier alpha value is -0.0900. The lowest BCUT2D eigenvalue weighted by Crippen LogP contribution is -2.41. The molecule has 3 unspecified atom stereocenters. The fourth-order valence-electron chi connectivity index (χ4n) is 2.98. The summed E-state index contributed by atoms with van der Waals surface area (Å²) in [5, 5.41) is 3.46. The van der Waals surface area contributed by atoms with Crippen molar-refractivity contribution in [2.75, 3.05) is 12.0 Å². The molecule has 3 atom stereocenters. The van der Waals surface area contributed by atoms with E-state index in [0.29, 0.717) is 17.4 Å². The Morgan fingerprint density at radius 2 is 1.94 bits per heavy atom. The third kappa shape index (κ3) is 4.42. The molecule has 1 aliphatic carbocycles. The van der Waals surface area contributed by atoms with E-state index in [1.54, 1.807) is 0 Å². The lowest BCUT2D eigenvalue weighted by Gasteiger charge is -2.23. The highest BCUT2D eigenvalue weighted by Crippen LogP contribution is 2.40. The minimum absolute atomic E-state index is 0.0522. The van der Waals surface area contributed by atoms with Gasteiger partial charge in [-0.15, -0.1) is 0 Å². The quantitative estimate of drug-likeness (QED) is 0.824. The third-order valence-electron chi connectivity index (χ3n) is 3.39. The van der Waals surface area contributed by atoms with Crippen LogP contribution in [0.15, 0.2) is 0 Å². The normalized spacial score (nSPS) is 31.6. The van der Waals surface area contributed by atoms with Crippen LogP contribution < -0.4 is 5.32 Å². The number of nitrogens with one attached hydrogen (secondary N) is 1. The summed E-state index contributed by atoms with van der Waals surface area (Å²) in [6.07, 6.45) is 3.66. The summed E-state index contributed by atoms with van der Waals surface area (Å²) >= 11 is 0. The smallest absolute Gasteiger partial charge is 0.148 e. The molecule has 0 amide bonds.